The summed E-state index contributed by atoms with van der Waals surface area (Å²) < 4.78 is 66.6. The molecule has 2 atom stereocenters. The van der Waals surface area contributed by atoms with Crippen LogP contribution in [0.2, 0.25) is 0 Å². The Morgan fingerprint density at radius 2 is 1.15 bits per heavy atom. The van der Waals surface area contributed by atoms with Gasteiger partial charge >= 0.3 is 6.09 Å². The van der Waals surface area contributed by atoms with E-state index in [0.717, 1.165) is 80.6 Å². The number of carbonyl (C=O) groups excluding carboxylic acids is 2. The number of hydrogen-bond acceptors (Lipinski definition) is 15. The molecule has 1 amide bonds. The molecule has 0 fully saturated rings. The first-order chi connectivity index (χ1) is 39.8. The number of anilines is 1. The summed E-state index contributed by atoms with van der Waals surface area (Å²) >= 11 is 0. The fourth-order valence-electron chi connectivity index (χ4n) is 9.54. The van der Waals surface area contributed by atoms with Crippen molar-refractivity contribution in [3.05, 3.63) is 213 Å². The van der Waals surface area contributed by atoms with Crippen molar-refractivity contribution in [3.8, 4) is 34.5 Å². The number of nitrogens with zero attached hydrogens (tertiary/aromatic N) is 2. The molecule has 0 aromatic heterocycles. The first-order valence-electron chi connectivity index (χ1n) is 27.2. The first kappa shape index (κ1) is 64.5. The van der Waals surface area contributed by atoms with Crippen LogP contribution in [0.4, 0.5) is 10.5 Å². The number of carbonyl (C=O) groups is 2. The fourth-order valence-corrected chi connectivity index (χ4v) is 10.9. The summed E-state index contributed by atoms with van der Waals surface area (Å²) in [5, 5.41) is 12.1. The number of methoxy groups -OCH3 is 4. The van der Waals surface area contributed by atoms with Gasteiger partial charge in [-0.1, -0.05) is 97.1 Å². The Kier molecular flexibility index (Phi) is 23.1. The highest BCUT2D eigenvalue weighted by Crippen LogP contribution is 2.41. The van der Waals surface area contributed by atoms with Crippen molar-refractivity contribution in [1.29, 1.82) is 5.41 Å². The summed E-state index contributed by atoms with van der Waals surface area (Å²) in [6.45, 7) is 11.2. The van der Waals surface area contributed by atoms with Crippen LogP contribution in [0.3, 0.4) is 0 Å². The summed E-state index contributed by atoms with van der Waals surface area (Å²) in [4.78, 5) is 25.0. The second-order valence-corrected chi connectivity index (χ2v) is 22.8. The topological polar surface area (TPSA) is 236 Å². The van der Waals surface area contributed by atoms with Gasteiger partial charge in [-0.15, -0.1) is 0 Å². The lowest BCUT2D eigenvalue weighted by Gasteiger charge is -2.38. The lowest BCUT2D eigenvalue weighted by atomic mass is 9.93. The molecule has 17 nitrogen and oxygen atoms in total. The van der Waals surface area contributed by atoms with E-state index in [9.17, 15) is 18.0 Å². The number of para-hydroxylation sites is 1. The zero-order valence-corrected chi connectivity index (χ0v) is 50.2. The number of nitrogens with two attached hydrogens (primary N) is 1. The van der Waals surface area contributed by atoms with E-state index in [2.05, 4.69) is 60.8 Å². The Morgan fingerprint density at radius 1 is 0.667 bits per heavy atom. The molecule has 0 radical (unpaired) electrons. The minimum atomic E-state index is -4.27. The monoisotopic (exact) mass is 1160 g/mol. The molecule has 2 aliphatic rings. The smallest absolute Gasteiger partial charge is 0.410 e. The average molecular weight is 1160 g/mol. The van der Waals surface area contributed by atoms with Crippen molar-refractivity contribution in [1.82, 2.24) is 16.4 Å². The molecular formula is C66H78N6O11S. The van der Waals surface area contributed by atoms with Crippen LogP contribution < -0.4 is 50.7 Å². The SMILES string of the molecule is COc1cc2c(cc1OCc1ccccc1)CCN(C(=O)OC(C)(C)C)C2CS(=O)(=O)C(=N)N(N)c1ccccc1.COc1ccc(/C=C/C2NCCc3cc(OCc4ccccc4)c(OC)cc32)cc1C.COc1ccc(C=O)cc1C.N. The standard InChI is InChI=1S/C30H36N4O6S.C27H29NO3.C9H10O2.H3N/c1-30(2,3)40-29(35)33-16-15-22-17-27(39-19-21-11-7-5-8-12-21)26(38-4)18-24(22)25(33)20-41(36,37)28(31)34(32)23-13-9-6-10-14-23;1-19-15-20(10-12-25(19)29-2)9-11-24-23-17-26(30-3)27(16-22(23)13-14-28-24)31-18-21-7-5-4-6-8-21;1-7-5-8(6-10)3-4-9(7)11-2;/h5-14,17-18,25,31H,15-16,19-20,32H2,1-4H3;4-12,15-17,24,28H,13-14,18H2,1-3H3;3-6H,1-2H3;1H3/b;11-9+;;. The Morgan fingerprint density at radius 3 is 1.65 bits per heavy atom. The van der Waals surface area contributed by atoms with Gasteiger partial charge in [0, 0.05) is 18.7 Å². The summed E-state index contributed by atoms with van der Waals surface area (Å²) in [5.74, 6) is 9.64. The number of hydrogen-bond donors (Lipinski definition) is 4. The van der Waals surface area contributed by atoms with Gasteiger partial charge in [0.05, 0.1) is 52.0 Å². The van der Waals surface area contributed by atoms with Crippen LogP contribution in [0.15, 0.2) is 158 Å². The van der Waals surface area contributed by atoms with Crippen LogP contribution in [0, 0.1) is 19.3 Å². The Labute approximate surface area is 494 Å². The van der Waals surface area contributed by atoms with Crippen LogP contribution in [0.5, 0.6) is 34.5 Å². The van der Waals surface area contributed by atoms with Gasteiger partial charge in [0.25, 0.3) is 0 Å². The molecule has 7 N–H and O–H groups in total. The minimum absolute atomic E-state index is 0. The Balaban J connectivity index is 0.000000231. The lowest BCUT2D eigenvalue weighted by Crippen LogP contribution is -2.48. The predicted octanol–water partition coefficient (Wildman–Crippen LogP) is 12.3. The number of aldehydes is 1. The van der Waals surface area contributed by atoms with Crippen LogP contribution in [-0.4, -0.2) is 83.7 Å². The molecule has 0 aliphatic carbocycles. The van der Waals surface area contributed by atoms with E-state index < -0.39 is 38.5 Å². The Bertz CT molecular complexity index is 3470. The molecule has 2 heterocycles. The fraction of sp³-hybridized carbons (Fsp3) is 0.288. The van der Waals surface area contributed by atoms with Gasteiger partial charge in [0.2, 0.25) is 15.0 Å². The van der Waals surface area contributed by atoms with E-state index in [-0.39, 0.29) is 18.7 Å². The van der Waals surface area contributed by atoms with Crippen molar-refractivity contribution in [3.63, 3.8) is 0 Å². The maximum absolute atomic E-state index is 13.6. The number of hydrazine groups is 1. The highest BCUT2D eigenvalue weighted by molar-refractivity contribution is 8.06. The quantitative estimate of drug-likeness (QED) is 0.0231. The van der Waals surface area contributed by atoms with Gasteiger partial charge in [-0.2, -0.15) is 0 Å². The summed E-state index contributed by atoms with van der Waals surface area (Å²) in [6, 6.07) is 46.7. The van der Waals surface area contributed by atoms with Crippen LogP contribution in [-0.2, 0) is 40.6 Å². The number of aryl methyl sites for hydroxylation is 2. The summed E-state index contributed by atoms with van der Waals surface area (Å²) in [7, 11) is 2.23. The first-order valence-corrected chi connectivity index (χ1v) is 28.8. The van der Waals surface area contributed by atoms with E-state index in [0.29, 0.717) is 47.9 Å². The minimum Gasteiger partial charge on any atom is -0.496 e. The number of fused-ring (bicyclic) bond motifs is 2. The lowest BCUT2D eigenvalue weighted by molar-refractivity contribution is 0.0162. The second kappa shape index (κ2) is 30.0. The molecule has 0 bridgehead atoms. The summed E-state index contributed by atoms with van der Waals surface area (Å²) in [6.07, 6.45) is 5.96. The van der Waals surface area contributed by atoms with Gasteiger partial charge in [-0.05, 0) is 164 Å². The van der Waals surface area contributed by atoms with Crippen molar-refractivity contribution in [2.75, 3.05) is 52.3 Å². The van der Waals surface area contributed by atoms with Crippen LogP contribution >= 0.6 is 0 Å². The van der Waals surface area contributed by atoms with Gasteiger partial charge < -0.3 is 44.6 Å². The van der Waals surface area contributed by atoms with Crippen molar-refractivity contribution in [2.45, 2.75) is 78.4 Å². The van der Waals surface area contributed by atoms with Crippen molar-refractivity contribution < 1.29 is 51.2 Å². The number of benzene rings is 7. The van der Waals surface area contributed by atoms with E-state index in [1.807, 2.05) is 67.6 Å². The highest BCUT2D eigenvalue weighted by Gasteiger charge is 2.39. The second-order valence-electron chi connectivity index (χ2n) is 20.8. The van der Waals surface area contributed by atoms with Gasteiger partial charge in [-0.3, -0.25) is 20.1 Å². The van der Waals surface area contributed by atoms with Crippen LogP contribution in [0.25, 0.3) is 6.08 Å². The molecule has 84 heavy (non-hydrogen) atoms. The van der Waals surface area contributed by atoms with Gasteiger partial charge in [0.15, 0.2) is 23.0 Å². The molecule has 0 spiro atoms. The largest absolute Gasteiger partial charge is 0.496 e. The number of amides is 1. The molecule has 7 aromatic carbocycles. The van der Waals surface area contributed by atoms with E-state index in [1.54, 1.807) is 96.7 Å². The molecule has 0 saturated carbocycles. The van der Waals surface area contributed by atoms with Gasteiger partial charge in [0.1, 0.15) is 36.6 Å². The molecular weight excluding hydrogens is 1080 g/mol. The maximum atomic E-state index is 13.6. The number of amidine groups is 1. The number of ether oxygens (including phenoxy) is 7. The van der Waals surface area contributed by atoms with Gasteiger partial charge in [-0.25, -0.2) is 19.1 Å². The Hall–Kier alpha value is -8.68. The maximum Gasteiger partial charge on any atom is 0.410 e. The van der Waals surface area contributed by atoms with Crippen LogP contribution in [0.1, 0.15) is 93.3 Å². The zero-order chi connectivity index (χ0) is 59.7. The zero-order valence-electron chi connectivity index (χ0n) is 49.3. The third-order valence-electron chi connectivity index (χ3n) is 13.8. The number of nitrogens with one attached hydrogen (secondary N) is 2. The molecule has 9 rings (SSSR count). The number of rotatable bonds is 16. The summed E-state index contributed by atoms with van der Waals surface area (Å²) in [5.41, 5.74) is 9.54. The molecule has 18 heteroatoms. The molecule has 7 aromatic rings. The molecule has 0 saturated heterocycles. The molecule has 444 valence electrons. The third-order valence-corrected chi connectivity index (χ3v) is 15.3. The normalized spacial score (nSPS) is 14.3. The molecule has 2 aliphatic heterocycles. The third kappa shape index (κ3) is 17.2. The number of sulfone groups is 1. The van der Waals surface area contributed by atoms with Crippen molar-refractivity contribution >= 4 is 39.1 Å². The predicted molar refractivity (Wildman–Crippen MR) is 331 cm³/mol. The van der Waals surface area contributed by atoms with Crippen molar-refractivity contribution in [2.24, 2.45) is 5.84 Å². The van der Waals surface area contributed by atoms with E-state index >= 15 is 0 Å². The van der Waals surface area contributed by atoms with E-state index in [4.69, 9.17) is 44.4 Å². The molecule has 2 unspecified atom stereocenters. The average Bonchev–Trinajstić information content (AvgIpc) is 1.86. The van der Waals surface area contributed by atoms with E-state index in [1.165, 1.54) is 23.1 Å². The highest BCUT2D eigenvalue weighted by atomic mass is 32.2.